The highest BCUT2D eigenvalue weighted by Gasteiger charge is 2.39. The van der Waals surface area contributed by atoms with Crippen LogP contribution in [0.1, 0.15) is 19.6 Å². The second kappa shape index (κ2) is 10.2. The zero-order valence-corrected chi connectivity index (χ0v) is 19.7. The lowest BCUT2D eigenvalue weighted by atomic mass is 10.2. The van der Waals surface area contributed by atoms with Gasteiger partial charge in [0.2, 0.25) is 0 Å². The van der Waals surface area contributed by atoms with Crippen LogP contribution in [-0.4, -0.2) is 62.6 Å². The van der Waals surface area contributed by atoms with E-state index < -0.39 is 44.0 Å². The molecule has 1 aliphatic heterocycles. The number of nitrogens with zero attached hydrogens (tertiary/aromatic N) is 4. The highest BCUT2D eigenvalue weighted by molar-refractivity contribution is 7.52. The number of anilines is 1. The maximum absolute atomic E-state index is 13.4. The molecule has 5 atom stereocenters. The smallest absolute Gasteiger partial charge is 0.459 e. The number of carbonyl (C=O) groups excluding carboxylic acids is 1. The van der Waals surface area contributed by atoms with E-state index in [-0.39, 0.29) is 24.6 Å². The number of halogens is 1. The normalized spacial score (nSPS) is 22.6. The van der Waals surface area contributed by atoms with Gasteiger partial charge in [-0.1, -0.05) is 0 Å². The fraction of sp³-hybridized carbons (Fsp3) is 0.400. The number of esters is 1. The molecule has 188 valence electrons. The van der Waals surface area contributed by atoms with Crippen molar-refractivity contribution in [1.29, 1.82) is 0 Å². The number of methoxy groups -OCH3 is 1. The predicted octanol–water partition coefficient (Wildman–Crippen LogP) is 1.55. The lowest BCUT2D eigenvalue weighted by molar-refractivity contribution is -0.142. The van der Waals surface area contributed by atoms with E-state index in [1.54, 1.807) is 4.57 Å². The van der Waals surface area contributed by atoms with Crippen molar-refractivity contribution in [1.82, 2.24) is 24.6 Å². The first-order valence-corrected chi connectivity index (χ1v) is 12.1. The number of aliphatic hydroxyl groups is 1. The van der Waals surface area contributed by atoms with Gasteiger partial charge in [-0.15, -0.1) is 0 Å². The molecule has 3 aromatic rings. The number of rotatable bonds is 9. The molecule has 1 aliphatic rings. The summed E-state index contributed by atoms with van der Waals surface area (Å²) in [6.07, 6.45) is 0.374. The van der Waals surface area contributed by atoms with Crippen molar-refractivity contribution in [2.24, 2.45) is 0 Å². The molecular formula is C20H24FN6O7P. The van der Waals surface area contributed by atoms with Crippen LogP contribution in [0.15, 0.2) is 36.9 Å². The lowest BCUT2D eigenvalue weighted by Crippen LogP contribution is -2.36. The Balaban J connectivity index is 1.48. The van der Waals surface area contributed by atoms with E-state index >= 15 is 0 Å². The van der Waals surface area contributed by atoms with Gasteiger partial charge in [0, 0.05) is 6.42 Å². The molecule has 3 heterocycles. The van der Waals surface area contributed by atoms with Gasteiger partial charge in [0.05, 0.1) is 26.1 Å². The SMILES string of the molecule is COC(=O)[C@H](C)NP(=O)(OCC1O[C@@H](n2cnc3c(N)ncnc32)C[C@H]1O)Oc1ccc(F)cc1. The van der Waals surface area contributed by atoms with E-state index in [4.69, 9.17) is 19.5 Å². The highest BCUT2D eigenvalue weighted by atomic mass is 31.2. The van der Waals surface area contributed by atoms with Crippen LogP contribution in [0.5, 0.6) is 5.75 Å². The summed E-state index contributed by atoms with van der Waals surface area (Å²) in [5, 5.41) is 13.0. The fourth-order valence-electron chi connectivity index (χ4n) is 3.48. The van der Waals surface area contributed by atoms with Crippen LogP contribution >= 0.6 is 7.75 Å². The number of hydrogen-bond acceptors (Lipinski definition) is 11. The summed E-state index contributed by atoms with van der Waals surface area (Å²) in [7, 11) is -3.03. The largest absolute Gasteiger partial charge is 0.468 e. The average molecular weight is 510 g/mol. The van der Waals surface area contributed by atoms with Crippen LogP contribution in [0.3, 0.4) is 0 Å². The molecule has 4 N–H and O–H groups in total. The molecule has 4 rings (SSSR count). The summed E-state index contributed by atoms with van der Waals surface area (Å²) in [5.74, 6) is -0.984. The van der Waals surface area contributed by atoms with Crippen LogP contribution in [0.2, 0.25) is 0 Å². The maximum Gasteiger partial charge on any atom is 0.459 e. The Bertz CT molecular complexity index is 1240. The second-order valence-corrected chi connectivity index (χ2v) is 9.42. The predicted molar refractivity (Wildman–Crippen MR) is 119 cm³/mol. The average Bonchev–Trinajstić information content (AvgIpc) is 3.42. The molecule has 0 spiro atoms. The molecule has 35 heavy (non-hydrogen) atoms. The number of ether oxygens (including phenoxy) is 2. The lowest BCUT2D eigenvalue weighted by Gasteiger charge is -2.24. The van der Waals surface area contributed by atoms with Gasteiger partial charge in [-0.2, -0.15) is 5.09 Å². The van der Waals surface area contributed by atoms with Crippen molar-refractivity contribution < 1.29 is 37.4 Å². The van der Waals surface area contributed by atoms with Gasteiger partial charge in [0.25, 0.3) is 0 Å². The molecule has 0 radical (unpaired) electrons. The van der Waals surface area contributed by atoms with E-state index in [0.29, 0.717) is 11.2 Å². The summed E-state index contributed by atoms with van der Waals surface area (Å²) in [6.45, 7) is 1.05. The zero-order valence-electron chi connectivity index (χ0n) is 18.8. The van der Waals surface area contributed by atoms with Crippen molar-refractivity contribution >= 4 is 30.7 Å². The number of benzene rings is 1. The first-order chi connectivity index (χ1) is 16.7. The Kier molecular flexibility index (Phi) is 7.28. The fourth-order valence-corrected chi connectivity index (χ4v) is 4.98. The van der Waals surface area contributed by atoms with Crippen LogP contribution in [0.25, 0.3) is 11.2 Å². The number of nitrogens with two attached hydrogens (primary N) is 1. The minimum absolute atomic E-state index is 0.0345. The molecule has 15 heteroatoms. The number of nitrogen functional groups attached to an aromatic ring is 1. The third kappa shape index (κ3) is 5.57. The molecule has 13 nitrogen and oxygen atoms in total. The number of hydrogen-bond donors (Lipinski definition) is 3. The van der Waals surface area contributed by atoms with Gasteiger partial charge in [-0.05, 0) is 31.2 Å². The van der Waals surface area contributed by atoms with Gasteiger partial charge in [0.1, 0.15) is 41.8 Å². The minimum Gasteiger partial charge on any atom is -0.468 e. The monoisotopic (exact) mass is 510 g/mol. The van der Waals surface area contributed by atoms with Crippen LogP contribution in [0, 0.1) is 5.82 Å². The molecule has 0 bridgehead atoms. The second-order valence-electron chi connectivity index (χ2n) is 7.73. The number of imidazole rings is 1. The molecule has 0 aliphatic carbocycles. The number of carbonyl (C=O) groups is 1. The van der Waals surface area contributed by atoms with Crippen LogP contribution < -0.4 is 15.3 Å². The van der Waals surface area contributed by atoms with E-state index in [9.17, 15) is 18.9 Å². The highest BCUT2D eigenvalue weighted by Crippen LogP contribution is 2.46. The molecule has 0 amide bonds. The van der Waals surface area contributed by atoms with E-state index in [2.05, 4.69) is 24.8 Å². The Morgan fingerprint density at radius 1 is 1.37 bits per heavy atom. The van der Waals surface area contributed by atoms with Gasteiger partial charge in [0.15, 0.2) is 11.5 Å². The first kappa shape index (κ1) is 24.9. The molecular weight excluding hydrogens is 486 g/mol. The van der Waals surface area contributed by atoms with Crippen molar-refractivity contribution in [2.45, 2.75) is 37.8 Å². The van der Waals surface area contributed by atoms with Crippen LogP contribution in [-0.2, 0) is 23.4 Å². The van der Waals surface area contributed by atoms with Crippen molar-refractivity contribution in [3.63, 3.8) is 0 Å². The summed E-state index contributed by atoms with van der Waals surface area (Å²) < 4.78 is 49.8. The molecule has 1 fully saturated rings. The number of aliphatic hydroxyl groups excluding tert-OH is 1. The van der Waals surface area contributed by atoms with Gasteiger partial charge in [-0.25, -0.2) is 23.9 Å². The minimum atomic E-state index is -4.20. The molecule has 1 aromatic carbocycles. The standard InChI is InChI=1S/C20H24FN6O7P/c1-11(20(29)31-2)26-35(30,34-13-5-3-12(21)4-6-13)32-8-15-14(28)7-16(33-15)27-10-25-17-18(22)23-9-24-19(17)27/h3-6,9-11,14-16,28H,7-8H2,1-2H3,(H,26,30)(H2,22,23,24)/t11-,14+,15?,16+,35?/m0/s1. The van der Waals surface area contributed by atoms with E-state index in [1.807, 2.05) is 0 Å². The van der Waals surface area contributed by atoms with Crippen molar-refractivity contribution in [3.05, 3.63) is 42.7 Å². The Morgan fingerprint density at radius 3 is 2.83 bits per heavy atom. The summed E-state index contributed by atoms with van der Waals surface area (Å²) in [6, 6.07) is 3.68. The number of aromatic nitrogens is 4. The topological polar surface area (TPSA) is 173 Å². The molecule has 0 saturated carbocycles. The molecule has 1 saturated heterocycles. The number of fused-ring (bicyclic) bond motifs is 1. The van der Waals surface area contributed by atoms with Gasteiger partial charge in [-0.3, -0.25) is 13.9 Å². The Morgan fingerprint density at radius 2 is 2.11 bits per heavy atom. The van der Waals surface area contributed by atoms with E-state index in [0.717, 1.165) is 12.1 Å². The molecule has 2 unspecified atom stereocenters. The van der Waals surface area contributed by atoms with E-state index in [1.165, 1.54) is 38.8 Å². The Hall–Kier alpha value is -3.16. The van der Waals surface area contributed by atoms with Crippen molar-refractivity contribution in [2.75, 3.05) is 19.5 Å². The van der Waals surface area contributed by atoms with Gasteiger partial charge < -0.3 is 24.8 Å². The Labute approximate surface area is 199 Å². The zero-order chi connectivity index (χ0) is 25.2. The first-order valence-electron chi connectivity index (χ1n) is 10.5. The summed E-state index contributed by atoms with van der Waals surface area (Å²) >= 11 is 0. The number of nitrogens with one attached hydrogen (secondary N) is 1. The summed E-state index contributed by atoms with van der Waals surface area (Å²) in [5.41, 5.74) is 6.64. The van der Waals surface area contributed by atoms with Crippen molar-refractivity contribution in [3.8, 4) is 5.75 Å². The third-order valence-corrected chi connectivity index (χ3v) is 6.90. The van der Waals surface area contributed by atoms with Crippen LogP contribution in [0.4, 0.5) is 10.2 Å². The van der Waals surface area contributed by atoms with Gasteiger partial charge >= 0.3 is 13.7 Å². The quantitative estimate of drug-likeness (QED) is 0.280. The third-order valence-electron chi connectivity index (χ3n) is 5.26. The maximum atomic E-state index is 13.4. The molecule has 2 aromatic heterocycles. The summed E-state index contributed by atoms with van der Waals surface area (Å²) in [4.78, 5) is 24.1.